The van der Waals surface area contributed by atoms with Gasteiger partial charge in [0.2, 0.25) is 0 Å². The van der Waals surface area contributed by atoms with Gasteiger partial charge in [0.05, 0.1) is 0 Å². The number of hydrogen-bond acceptors (Lipinski definition) is 2. The van der Waals surface area contributed by atoms with E-state index in [0.29, 0.717) is 6.42 Å². The second-order valence-corrected chi connectivity index (χ2v) is 6.07. The molecule has 0 aliphatic carbocycles. The zero-order chi connectivity index (χ0) is 16.3. The number of carbonyl (C=O) groups is 1. The number of ether oxygens (including phenoxy) is 1. The van der Waals surface area contributed by atoms with Gasteiger partial charge in [-0.1, -0.05) is 57.1 Å². The SMILES string of the molecule is COCCCCCCCC/C=C\CCCCCCCC(=O)O. The zero-order valence-corrected chi connectivity index (χ0v) is 14.5. The van der Waals surface area contributed by atoms with Gasteiger partial charge in [0, 0.05) is 20.1 Å². The fourth-order valence-electron chi connectivity index (χ4n) is 2.52. The molecule has 0 unspecified atom stereocenters. The summed E-state index contributed by atoms with van der Waals surface area (Å²) in [5.41, 5.74) is 0. The monoisotopic (exact) mass is 312 g/mol. The topological polar surface area (TPSA) is 46.5 Å². The predicted molar refractivity (Wildman–Crippen MR) is 93.3 cm³/mol. The van der Waals surface area contributed by atoms with Crippen molar-refractivity contribution in [1.29, 1.82) is 0 Å². The molecule has 22 heavy (non-hydrogen) atoms. The standard InChI is InChI=1S/C19H36O3/c1-22-18-16-14-12-10-8-6-4-2-3-5-7-9-11-13-15-17-19(20)21/h2-3H,4-18H2,1H3,(H,20,21)/b3-2-. The molecule has 0 saturated heterocycles. The highest BCUT2D eigenvalue weighted by atomic mass is 16.5. The number of carboxylic acid groups (broad SMARTS) is 1. The van der Waals surface area contributed by atoms with Gasteiger partial charge in [-0.3, -0.25) is 4.79 Å². The maximum atomic E-state index is 10.3. The minimum atomic E-state index is -0.669. The number of unbranched alkanes of at least 4 members (excludes halogenated alkanes) is 11. The molecule has 0 radical (unpaired) electrons. The molecule has 0 aliphatic rings. The molecule has 0 bridgehead atoms. The van der Waals surface area contributed by atoms with Crippen LogP contribution in [0.4, 0.5) is 0 Å². The summed E-state index contributed by atoms with van der Waals surface area (Å²) in [4.78, 5) is 10.3. The fraction of sp³-hybridized carbons (Fsp3) is 0.842. The van der Waals surface area contributed by atoms with Crippen LogP contribution in [-0.2, 0) is 9.53 Å². The van der Waals surface area contributed by atoms with E-state index in [1.165, 1.54) is 70.6 Å². The minimum absolute atomic E-state index is 0.326. The fourth-order valence-corrected chi connectivity index (χ4v) is 2.52. The van der Waals surface area contributed by atoms with Crippen molar-refractivity contribution in [2.75, 3.05) is 13.7 Å². The summed E-state index contributed by atoms with van der Waals surface area (Å²) in [6.45, 7) is 0.905. The smallest absolute Gasteiger partial charge is 0.303 e. The lowest BCUT2D eigenvalue weighted by atomic mass is 10.1. The number of aliphatic carboxylic acids is 1. The van der Waals surface area contributed by atoms with E-state index < -0.39 is 5.97 Å². The summed E-state index contributed by atoms with van der Waals surface area (Å²) in [6, 6.07) is 0. The first kappa shape index (κ1) is 21.2. The third kappa shape index (κ3) is 19.2. The van der Waals surface area contributed by atoms with E-state index in [1.54, 1.807) is 7.11 Å². The van der Waals surface area contributed by atoms with Crippen LogP contribution in [0, 0.1) is 0 Å². The zero-order valence-electron chi connectivity index (χ0n) is 14.5. The highest BCUT2D eigenvalue weighted by molar-refractivity contribution is 5.66. The maximum Gasteiger partial charge on any atom is 0.303 e. The van der Waals surface area contributed by atoms with E-state index in [0.717, 1.165) is 19.4 Å². The van der Waals surface area contributed by atoms with Gasteiger partial charge >= 0.3 is 5.97 Å². The molecule has 3 heteroatoms. The summed E-state index contributed by atoms with van der Waals surface area (Å²) < 4.78 is 5.04. The van der Waals surface area contributed by atoms with Crippen molar-refractivity contribution in [3.8, 4) is 0 Å². The number of hydrogen-bond donors (Lipinski definition) is 1. The Morgan fingerprint density at radius 3 is 1.73 bits per heavy atom. The molecule has 0 heterocycles. The molecular weight excluding hydrogens is 276 g/mol. The van der Waals surface area contributed by atoms with E-state index in [2.05, 4.69) is 12.2 Å². The Labute approximate surface area is 137 Å². The quantitative estimate of drug-likeness (QED) is 0.275. The summed E-state index contributed by atoms with van der Waals surface area (Å²) in [7, 11) is 1.77. The third-order valence-corrected chi connectivity index (χ3v) is 3.90. The molecule has 0 atom stereocenters. The maximum absolute atomic E-state index is 10.3. The van der Waals surface area contributed by atoms with E-state index in [1.807, 2.05) is 0 Å². The van der Waals surface area contributed by atoms with Crippen molar-refractivity contribution in [3.63, 3.8) is 0 Å². The van der Waals surface area contributed by atoms with Gasteiger partial charge in [0.1, 0.15) is 0 Å². The van der Waals surface area contributed by atoms with Gasteiger partial charge in [-0.2, -0.15) is 0 Å². The van der Waals surface area contributed by atoms with Gasteiger partial charge in [-0.05, 0) is 38.5 Å². The number of rotatable bonds is 17. The lowest BCUT2D eigenvalue weighted by molar-refractivity contribution is -0.137. The lowest BCUT2D eigenvalue weighted by Gasteiger charge is -2.00. The van der Waals surface area contributed by atoms with Crippen LogP contribution in [0.15, 0.2) is 12.2 Å². The van der Waals surface area contributed by atoms with Crippen molar-refractivity contribution in [1.82, 2.24) is 0 Å². The predicted octanol–water partition coefficient (Wildman–Crippen LogP) is 5.74. The van der Waals surface area contributed by atoms with Crippen LogP contribution in [-0.4, -0.2) is 24.8 Å². The Morgan fingerprint density at radius 2 is 1.23 bits per heavy atom. The first-order valence-electron chi connectivity index (χ1n) is 9.13. The summed E-state index contributed by atoms with van der Waals surface area (Å²) in [6.07, 6.45) is 20.8. The van der Waals surface area contributed by atoms with Crippen LogP contribution in [0.3, 0.4) is 0 Å². The van der Waals surface area contributed by atoms with Crippen LogP contribution in [0.25, 0.3) is 0 Å². The molecule has 0 aromatic carbocycles. The van der Waals surface area contributed by atoms with Crippen molar-refractivity contribution >= 4 is 5.97 Å². The molecular formula is C19H36O3. The molecule has 0 aromatic heterocycles. The van der Waals surface area contributed by atoms with Gasteiger partial charge in [-0.15, -0.1) is 0 Å². The Hall–Kier alpha value is -0.830. The molecule has 0 aliphatic heterocycles. The average Bonchev–Trinajstić information content (AvgIpc) is 2.50. The Morgan fingerprint density at radius 1 is 0.773 bits per heavy atom. The molecule has 0 saturated carbocycles. The number of methoxy groups -OCH3 is 1. The van der Waals surface area contributed by atoms with Gasteiger partial charge in [0.25, 0.3) is 0 Å². The molecule has 0 rings (SSSR count). The summed E-state index contributed by atoms with van der Waals surface area (Å²) in [5, 5.41) is 8.52. The second kappa shape index (κ2) is 18.2. The van der Waals surface area contributed by atoms with Crippen LogP contribution < -0.4 is 0 Å². The van der Waals surface area contributed by atoms with Gasteiger partial charge in [-0.25, -0.2) is 0 Å². The third-order valence-electron chi connectivity index (χ3n) is 3.90. The summed E-state index contributed by atoms with van der Waals surface area (Å²) >= 11 is 0. The molecule has 3 nitrogen and oxygen atoms in total. The van der Waals surface area contributed by atoms with Crippen molar-refractivity contribution in [2.45, 2.75) is 89.9 Å². The van der Waals surface area contributed by atoms with Crippen LogP contribution in [0.2, 0.25) is 0 Å². The Balaban J connectivity index is 3.07. The highest BCUT2D eigenvalue weighted by Crippen LogP contribution is 2.10. The normalized spacial score (nSPS) is 11.3. The Bertz CT molecular complexity index is 261. The number of carboxylic acids is 1. The van der Waals surface area contributed by atoms with Crippen molar-refractivity contribution in [2.24, 2.45) is 0 Å². The lowest BCUT2D eigenvalue weighted by Crippen LogP contribution is -1.93. The van der Waals surface area contributed by atoms with E-state index in [9.17, 15) is 4.79 Å². The molecule has 0 fully saturated rings. The highest BCUT2D eigenvalue weighted by Gasteiger charge is 1.95. The minimum Gasteiger partial charge on any atom is -0.481 e. The Kier molecular flexibility index (Phi) is 17.5. The largest absolute Gasteiger partial charge is 0.481 e. The first-order chi connectivity index (χ1) is 10.8. The molecule has 0 aromatic rings. The van der Waals surface area contributed by atoms with Crippen LogP contribution in [0.1, 0.15) is 89.9 Å². The van der Waals surface area contributed by atoms with E-state index in [4.69, 9.17) is 9.84 Å². The van der Waals surface area contributed by atoms with Crippen molar-refractivity contribution < 1.29 is 14.6 Å². The van der Waals surface area contributed by atoms with E-state index in [-0.39, 0.29) is 0 Å². The number of allylic oxidation sites excluding steroid dienone is 2. The molecule has 130 valence electrons. The first-order valence-corrected chi connectivity index (χ1v) is 9.13. The van der Waals surface area contributed by atoms with E-state index >= 15 is 0 Å². The van der Waals surface area contributed by atoms with Crippen LogP contribution in [0.5, 0.6) is 0 Å². The summed E-state index contributed by atoms with van der Waals surface area (Å²) in [5.74, 6) is -0.669. The average molecular weight is 312 g/mol. The second-order valence-electron chi connectivity index (χ2n) is 6.07. The van der Waals surface area contributed by atoms with Crippen molar-refractivity contribution in [3.05, 3.63) is 12.2 Å². The molecule has 0 spiro atoms. The molecule has 0 amide bonds. The van der Waals surface area contributed by atoms with Gasteiger partial charge < -0.3 is 9.84 Å². The molecule has 1 N–H and O–H groups in total. The van der Waals surface area contributed by atoms with Crippen LogP contribution >= 0.6 is 0 Å². The van der Waals surface area contributed by atoms with Gasteiger partial charge in [0.15, 0.2) is 0 Å².